The van der Waals surface area contributed by atoms with E-state index in [1.807, 2.05) is 0 Å². The molecule has 4 fully saturated rings. The van der Waals surface area contributed by atoms with Crippen molar-refractivity contribution in [3.05, 3.63) is 24.3 Å². The van der Waals surface area contributed by atoms with Crippen molar-refractivity contribution in [2.45, 2.75) is 49.1 Å². The minimum atomic E-state index is -3.68. The Bertz CT molecular complexity index is 849. The number of fused-ring (bicyclic) bond motifs is 1. The Hall–Kier alpha value is -1.44. The van der Waals surface area contributed by atoms with Gasteiger partial charge in [0.25, 0.3) is 0 Å². The van der Waals surface area contributed by atoms with Crippen molar-refractivity contribution in [3.63, 3.8) is 0 Å². The van der Waals surface area contributed by atoms with Crippen LogP contribution in [0.2, 0.25) is 0 Å². The van der Waals surface area contributed by atoms with E-state index in [4.69, 9.17) is 0 Å². The molecule has 1 aliphatic heterocycles. The summed E-state index contributed by atoms with van der Waals surface area (Å²) in [6, 6.07) is 6.24. The molecule has 2 N–H and O–H groups in total. The molecule has 5 rings (SSSR count). The second-order valence-corrected chi connectivity index (χ2v) is 10.2. The number of aliphatic hydroxyl groups excluding tert-OH is 1. The first-order chi connectivity index (χ1) is 12.4. The number of amides is 1. The minimum Gasteiger partial charge on any atom is -0.391 e. The van der Waals surface area contributed by atoms with E-state index in [2.05, 4.69) is 5.32 Å². The lowest BCUT2D eigenvalue weighted by Crippen LogP contribution is -2.43. The summed E-state index contributed by atoms with van der Waals surface area (Å²) in [4.78, 5) is 12.3. The molecule has 6 nitrogen and oxygen atoms in total. The molecule has 1 heterocycles. The maximum absolute atomic E-state index is 13.2. The monoisotopic (exact) mass is 376 g/mol. The first-order valence-electron chi connectivity index (χ1n) is 9.56. The second kappa shape index (κ2) is 5.78. The number of nitrogens with zero attached hydrogens (tertiary/aromatic N) is 1. The summed E-state index contributed by atoms with van der Waals surface area (Å²) in [6.07, 6.45) is 4.22. The van der Waals surface area contributed by atoms with Gasteiger partial charge in [0.2, 0.25) is 15.9 Å². The van der Waals surface area contributed by atoms with Crippen molar-refractivity contribution >= 4 is 21.6 Å². The highest BCUT2D eigenvalue weighted by Gasteiger charge is 2.61. The molecule has 0 radical (unpaired) electrons. The summed E-state index contributed by atoms with van der Waals surface area (Å²) >= 11 is 0. The fourth-order valence-corrected chi connectivity index (χ4v) is 7.21. The number of carbonyl (C=O) groups excluding carboxylic acids is 1. The molecule has 1 saturated heterocycles. The van der Waals surface area contributed by atoms with E-state index in [9.17, 15) is 18.3 Å². The smallest absolute Gasteiger partial charge is 0.243 e. The van der Waals surface area contributed by atoms with Crippen LogP contribution in [0.3, 0.4) is 0 Å². The summed E-state index contributed by atoms with van der Waals surface area (Å²) in [5.74, 6) is 0.952. The lowest BCUT2D eigenvalue weighted by atomic mass is 9.85. The number of anilines is 1. The predicted molar refractivity (Wildman–Crippen MR) is 95.8 cm³/mol. The van der Waals surface area contributed by atoms with Crippen molar-refractivity contribution in [2.24, 2.45) is 23.7 Å². The van der Waals surface area contributed by atoms with Crippen LogP contribution < -0.4 is 5.32 Å². The van der Waals surface area contributed by atoms with Gasteiger partial charge in [0.1, 0.15) is 0 Å². The quantitative estimate of drug-likeness (QED) is 0.839. The average molecular weight is 376 g/mol. The third kappa shape index (κ3) is 2.37. The highest BCUT2D eigenvalue weighted by atomic mass is 32.2. The lowest BCUT2D eigenvalue weighted by Gasteiger charge is -2.28. The van der Waals surface area contributed by atoms with Crippen molar-refractivity contribution in [1.29, 1.82) is 0 Å². The Kier molecular flexibility index (Phi) is 3.71. The van der Waals surface area contributed by atoms with Gasteiger partial charge < -0.3 is 10.4 Å². The topological polar surface area (TPSA) is 86.7 Å². The van der Waals surface area contributed by atoms with Crippen LogP contribution in [-0.4, -0.2) is 42.4 Å². The highest BCUT2D eigenvalue weighted by Crippen LogP contribution is 2.56. The number of carbonyl (C=O) groups is 1. The van der Waals surface area contributed by atoms with E-state index >= 15 is 0 Å². The number of rotatable bonds is 4. The lowest BCUT2D eigenvalue weighted by molar-refractivity contribution is -0.122. The van der Waals surface area contributed by atoms with Crippen LogP contribution in [0.5, 0.6) is 0 Å². The highest BCUT2D eigenvalue weighted by molar-refractivity contribution is 7.89. The molecular formula is C19H24N2O4S. The molecule has 7 heteroatoms. The summed E-state index contributed by atoms with van der Waals surface area (Å²) in [6.45, 7) is 0.504. The molecule has 0 spiro atoms. The van der Waals surface area contributed by atoms with E-state index in [0.717, 1.165) is 32.1 Å². The zero-order valence-corrected chi connectivity index (χ0v) is 15.4. The maximum atomic E-state index is 13.2. The number of aliphatic hydroxyl groups is 1. The first-order valence-corrected chi connectivity index (χ1v) is 11.0. The molecule has 1 aromatic rings. The fraction of sp³-hybridized carbons (Fsp3) is 0.632. The fourth-order valence-electron chi connectivity index (χ4n) is 5.42. The van der Waals surface area contributed by atoms with Gasteiger partial charge >= 0.3 is 0 Å². The number of nitrogens with one attached hydrogen (secondary N) is 1. The van der Waals surface area contributed by atoms with Gasteiger partial charge in [-0.05, 0) is 61.6 Å². The Morgan fingerprint density at radius 2 is 2.00 bits per heavy atom. The third-order valence-electron chi connectivity index (χ3n) is 6.99. The molecule has 26 heavy (non-hydrogen) atoms. The second-order valence-electron chi connectivity index (χ2n) is 8.36. The standard InChI is InChI=1S/C19H24N2O4S/c22-18-12-7-13-10-21(17(18)16(13)8-12)26(24,25)15-6-2-5-14(9-15)20-19(23)11-3-1-4-11/h2,5-6,9,11-13,16-18,22H,1,3-4,7-8,10H2,(H,20,23)/t12-,13-,16+,17-,18-/m0/s1. The van der Waals surface area contributed by atoms with Gasteiger partial charge in [0.05, 0.1) is 17.0 Å². The zero-order valence-electron chi connectivity index (χ0n) is 14.5. The van der Waals surface area contributed by atoms with Crippen LogP contribution >= 0.6 is 0 Å². The van der Waals surface area contributed by atoms with Crippen LogP contribution in [0.1, 0.15) is 32.1 Å². The molecule has 0 unspecified atom stereocenters. The minimum absolute atomic E-state index is 0.0286. The van der Waals surface area contributed by atoms with Gasteiger partial charge in [-0.25, -0.2) is 8.42 Å². The largest absolute Gasteiger partial charge is 0.391 e. The molecule has 1 amide bonds. The molecular weight excluding hydrogens is 352 g/mol. The van der Waals surface area contributed by atoms with Crippen LogP contribution in [0, 0.1) is 23.7 Å². The van der Waals surface area contributed by atoms with Gasteiger partial charge in [-0.3, -0.25) is 4.79 Å². The molecule has 5 atom stereocenters. The number of hydrogen-bond donors (Lipinski definition) is 2. The normalized spacial score (nSPS) is 36.3. The Morgan fingerprint density at radius 1 is 1.19 bits per heavy atom. The van der Waals surface area contributed by atoms with Crippen molar-refractivity contribution in [1.82, 2.24) is 4.31 Å². The van der Waals surface area contributed by atoms with Gasteiger partial charge in [-0.2, -0.15) is 4.31 Å². The van der Waals surface area contributed by atoms with Gasteiger partial charge in [-0.15, -0.1) is 0 Å². The van der Waals surface area contributed by atoms with E-state index < -0.39 is 16.1 Å². The molecule has 1 aromatic carbocycles. The van der Waals surface area contributed by atoms with Crippen molar-refractivity contribution < 1.29 is 18.3 Å². The van der Waals surface area contributed by atoms with Gasteiger partial charge in [0.15, 0.2) is 0 Å². The van der Waals surface area contributed by atoms with E-state index in [0.29, 0.717) is 24.1 Å². The van der Waals surface area contributed by atoms with Crippen LogP contribution in [-0.2, 0) is 14.8 Å². The zero-order chi connectivity index (χ0) is 18.1. The summed E-state index contributed by atoms with van der Waals surface area (Å²) in [5, 5.41) is 13.3. The van der Waals surface area contributed by atoms with E-state index in [1.165, 1.54) is 4.31 Å². The Balaban J connectivity index is 1.40. The molecule has 2 bridgehead atoms. The van der Waals surface area contributed by atoms with Crippen LogP contribution in [0.15, 0.2) is 29.2 Å². The van der Waals surface area contributed by atoms with Crippen LogP contribution in [0.25, 0.3) is 0 Å². The summed E-state index contributed by atoms with van der Waals surface area (Å²) in [5.41, 5.74) is 0.523. The molecule has 0 aromatic heterocycles. The maximum Gasteiger partial charge on any atom is 0.243 e. The summed E-state index contributed by atoms with van der Waals surface area (Å²) in [7, 11) is -3.68. The van der Waals surface area contributed by atoms with Crippen molar-refractivity contribution in [2.75, 3.05) is 11.9 Å². The van der Waals surface area contributed by atoms with Crippen molar-refractivity contribution in [3.8, 4) is 0 Å². The molecule has 3 saturated carbocycles. The third-order valence-corrected chi connectivity index (χ3v) is 8.85. The number of sulfonamides is 1. The van der Waals surface area contributed by atoms with Gasteiger partial charge in [0, 0.05) is 18.2 Å². The van der Waals surface area contributed by atoms with Gasteiger partial charge in [-0.1, -0.05) is 12.5 Å². The predicted octanol–water partition coefficient (Wildman–Crippen LogP) is 1.81. The summed E-state index contributed by atoms with van der Waals surface area (Å²) < 4.78 is 28.0. The van der Waals surface area contributed by atoms with E-state index in [1.54, 1.807) is 24.3 Å². The van der Waals surface area contributed by atoms with E-state index in [-0.39, 0.29) is 28.7 Å². The molecule has 4 aliphatic rings. The average Bonchev–Trinajstić information content (AvgIpc) is 3.15. The SMILES string of the molecule is O=C(Nc1cccc(S(=O)(=O)N2C[C@@H]3C[C@H]4C[C@H]3[C@H]2[C@H]4O)c1)C1CCC1. The number of benzene rings is 1. The first kappa shape index (κ1) is 16.7. The molecule has 140 valence electrons. The molecule has 3 aliphatic carbocycles. The number of hydrogen-bond acceptors (Lipinski definition) is 4. The van der Waals surface area contributed by atoms with Crippen LogP contribution in [0.4, 0.5) is 5.69 Å². The Labute approximate surface area is 153 Å². The Morgan fingerprint density at radius 3 is 2.69 bits per heavy atom.